The van der Waals surface area contributed by atoms with Gasteiger partial charge < -0.3 is 28.8 Å². The number of rotatable bonds is 9. The number of fused-ring (bicyclic) bond motifs is 1. The summed E-state index contributed by atoms with van der Waals surface area (Å²) in [5.41, 5.74) is -0.541. The second-order valence-corrected chi connectivity index (χ2v) is 9.25. The first-order valence-corrected chi connectivity index (χ1v) is 11.1. The molecule has 0 bridgehead atoms. The van der Waals surface area contributed by atoms with Crippen LogP contribution < -0.4 is 0 Å². The second-order valence-electron chi connectivity index (χ2n) is 7.65. The van der Waals surface area contributed by atoms with Gasteiger partial charge in [0.25, 0.3) is 10.1 Å². The standard InChI is InChI=1S/C19H28O9S/c1-18(2)25-15-16(23-3)19(27-17(15)26-18,14(10-20)28-29(4,21)22)12-24-11-13-8-6-5-7-9-13/h5-9,14-17,20H,10-12H2,1-4H3/t14?,15-,16+,17+,19+/m1/s1. The zero-order valence-corrected chi connectivity index (χ0v) is 17.8. The van der Waals surface area contributed by atoms with Crippen LogP contribution >= 0.6 is 0 Å². The number of aliphatic hydroxyl groups is 1. The first-order chi connectivity index (χ1) is 13.6. The minimum absolute atomic E-state index is 0.110. The third-order valence-electron chi connectivity index (χ3n) is 4.90. The molecule has 2 fully saturated rings. The lowest BCUT2D eigenvalue weighted by atomic mass is 9.90. The summed E-state index contributed by atoms with van der Waals surface area (Å²) in [5, 5.41) is 9.95. The van der Waals surface area contributed by atoms with Gasteiger partial charge in [-0.2, -0.15) is 8.42 Å². The van der Waals surface area contributed by atoms with Crippen LogP contribution in [-0.4, -0.2) is 76.1 Å². The van der Waals surface area contributed by atoms with Crippen molar-refractivity contribution in [1.29, 1.82) is 0 Å². The van der Waals surface area contributed by atoms with Gasteiger partial charge in [0.1, 0.15) is 18.3 Å². The Balaban J connectivity index is 1.87. The molecule has 2 saturated heterocycles. The fraction of sp³-hybridized carbons (Fsp3) is 0.684. The van der Waals surface area contributed by atoms with Gasteiger partial charge in [-0.1, -0.05) is 30.3 Å². The van der Waals surface area contributed by atoms with E-state index in [4.69, 9.17) is 27.9 Å². The summed E-state index contributed by atoms with van der Waals surface area (Å²) in [6, 6.07) is 9.46. The monoisotopic (exact) mass is 432 g/mol. The molecule has 0 saturated carbocycles. The molecule has 0 aromatic heterocycles. The molecule has 2 aliphatic rings. The molecule has 1 aromatic rings. The average molecular weight is 432 g/mol. The van der Waals surface area contributed by atoms with Crippen molar-refractivity contribution in [1.82, 2.24) is 0 Å². The highest BCUT2D eigenvalue weighted by Crippen LogP contribution is 2.46. The van der Waals surface area contributed by atoms with Crippen molar-refractivity contribution >= 4 is 10.1 Å². The Morgan fingerprint density at radius 1 is 1.17 bits per heavy atom. The van der Waals surface area contributed by atoms with Crippen LogP contribution in [-0.2, 0) is 44.6 Å². The summed E-state index contributed by atoms with van der Waals surface area (Å²) in [4.78, 5) is 0. The Kier molecular flexibility index (Phi) is 6.66. The summed E-state index contributed by atoms with van der Waals surface area (Å²) in [6.07, 6.45) is -2.65. The van der Waals surface area contributed by atoms with Crippen LogP contribution in [0.1, 0.15) is 19.4 Å². The Labute approximate surface area is 170 Å². The Morgan fingerprint density at radius 3 is 2.45 bits per heavy atom. The lowest BCUT2D eigenvalue weighted by Gasteiger charge is -2.40. The maximum Gasteiger partial charge on any atom is 0.264 e. The SMILES string of the molecule is CO[C@H]1[C@H]2OC(C)(C)O[C@H]2O[C@@]1(COCc1ccccc1)C(CO)OS(C)(=O)=O. The quantitative estimate of drug-likeness (QED) is 0.567. The van der Waals surface area contributed by atoms with Crippen LogP contribution in [0.3, 0.4) is 0 Å². The third-order valence-corrected chi connectivity index (χ3v) is 5.48. The van der Waals surface area contributed by atoms with Crippen LogP contribution in [0.25, 0.3) is 0 Å². The van der Waals surface area contributed by atoms with E-state index in [0.717, 1.165) is 11.8 Å². The van der Waals surface area contributed by atoms with Gasteiger partial charge in [-0.05, 0) is 19.4 Å². The highest BCUT2D eigenvalue weighted by molar-refractivity contribution is 7.86. The van der Waals surface area contributed by atoms with Crippen molar-refractivity contribution in [3.05, 3.63) is 35.9 Å². The molecule has 0 spiro atoms. The van der Waals surface area contributed by atoms with E-state index >= 15 is 0 Å². The number of methoxy groups -OCH3 is 1. The minimum Gasteiger partial charge on any atom is -0.393 e. The molecule has 1 unspecified atom stereocenters. The van der Waals surface area contributed by atoms with Crippen LogP contribution in [0.2, 0.25) is 0 Å². The minimum atomic E-state index is -3.90. The molecule has 29 heavy (non-hydrogen) atoms. The Bertz CT molecular complexity index is 782. The lowest BCUT2D eigenvalue weighted by Crippen LogP contribution is -2.59. The summed E-state index contributed by atoms with van der Waals surface area (Å²) < 4.78 is 58.0. The van der Waals surface area contributed by atoms with E-state index in [9.17, 15) is 13.5 Å². The molecule has 0 aliphatic carbocycles. The molecule has 0 radical (unpaired) electrons. The van der Waals surface area contributed by atoms with Crippen molar-refractivity contribution < 1.29 is 41.4 Å². The second kappa shape index (κ2) is 8.56. The molecule has 1 N–H and O–H groups in total. The summed E-state index contributed by atoms with van der Waals surface area (Å²) in [5.74, 6) is -0.893. The van der Waals surface area contributed by atoms with Gasteiger partial charge in [-0.3, -0.25) is 4.18 Å². The molecule has 0 amide bonds. The lowest BCUT2D eigenvalue weighted by molar-refractivity contribution is -0.271. The van der Waals surface area contributed by atoms with E-state index in [1.54, 1.807) is 13.8 Å². The maximum atomic E-state index is 11.8. The Morgan fingerprint density at radius 2 is 1.86 bits per heavy atom. The van der Waals surface area contributed by atoms with E-state index in [2.05, 4.69) is 0 Å². The molecule has 2 aliphatic heterocycles. The predicted octanol–water partition coefficient (Wildman–Crippen LogP) is 0.802. The van der Waals surface area contributed by atoms with Gasteiger partial charge in [-0.25, -0.2) is 0 Å². The van der Waals surface area contributed by atoms with Gasteiger partial charge in [-0.15, -0.1) is 0 Å². The predicted molar refractivity (Wildman–Crippen MR) is 101 cm³/mol. The summed E-state index contributed by atoms with van der Waals surface area (Å²) >= 11 is 0. The maximum absolute atomic E-state index is 11.8. The molecule has 5 atom stereocenters. The molecule has 9 nitrogen and oxygen atoms in total. The normalized spacial score (nSPS) is 32.2. The molecule has 1 aromatic carbocycles. The fourth-order valence-corrected chi connectivity index (χ4v) is 4.44. The van der Waals surface area contributed by atoms with Crippen molar-refractivity contribution in [2.75, 3.05) is 26.6 Å². The highest BCUT2D eigenvalue weighted by atomic mass is 32.2. The molecular formula is C19H28O9S. The van der Waals surface area contributed by atoms with Crippen molar-refractivity contribution in [3.8, 4) is 0 Å². The Hall–Kier alpha value is -1.11. The zero-order chi connectivity index (χ0) is 21.3. The molecular weight excluding hydrogens is 404 g/mol. The molecule has 164 valence electrons. The van der Waals surface area contributed by atoms with Gasteiger partial charge in [0.05, 0.1) is 26.1 Å². The van der Waals surface area contributed by atoms with Crippen LogP contribution in [0, 0.1) is 0 Å². The van der Waals surface area contributed by atoms with Gasteiger partial charge >= 0.3 is 0 Å². The first kappa shape index (κ1) is 22.6. The molecule has 10 heteroatoms. The number of ether oxygens (including phenoxy) is 5. The number of hydrogen-bond donors (Lipinski definition) is 1. The van der Waals surface area contributed by atoms with Crippen molar-refractivity contribution in [2.45, 2.75) is 56.4 Å². The van der Waals surface area contributed by atoms with Crippen LogP contribution in [0.15, 0.2) is 30.3 Å². The van der Waals surface area contributed by atoms with Crippen LogP contribution in [0.5, 0.6) is 0 Å². The van der Waals surface area contributed by atoms with Gasteiger partial charge in [0.2, 0.25) is 0 Å². The first-order valence-electron chi connectivity index (χ1n) is 9.27. The number of aliphatic hydroxyl groups excluding tert-OH is 1. The van der Waals surface area contributed by atoms with Gasteiger partial charge in [0.15, 0.2) is 17.7 Å². The van der Waals surface area contributed by atoms with E-state index in [0.29, 0.717) is 0 Å². The smallest absolute Gasteiger partial charge is 0.264 e. The van der Waals surface area contributed by atoms with E-state index in [-0.39, 0.29) is 13.2 Å². The summed E-state index contributed by atoms with van der Waals surface area (Å²) in [7, 11) is -2.45. The molecule has 2 heterocycles. The summed E-state index contributed by atoms with van der Waals surface area (Å²) in [6.45, 7) is 2.99. The van der Waals surface area contributed by atoms with E-state index < -0.39 is 52.7 Å². The fourth-order valence-electron chi connectivity index (χ4n) is 3.80. The average Bonchev–Trinajstić information content (AvgIpc) is 3.08. The van der Waals surface area contributed by atoms with Crippen molar-refractivity contribution in [2.24, 2.45) is 0 Å². The van der Waals surface area contributed by atoms with Crippen LogP contribution in [0.4, 0.5) is 0 Å². The topological polar surface area (TPSA) is 110 Å². The van der Waals surface area contributed by atoms with E-state index in [1.807, 2.05) is 30.3 Å². The van der Waals surface area contributed by atoms with Gasteiger partial charge in [0, 0.05) is 7.11 Å². The number of hydrogen-bond acceptors (Lipinski definition) is 9. The largest absolute Gasteiger partial charge is 0.393 e. The zero-order valence-electron chi connectivity index (χ0n) is 16.9. The molecule has 3 rings (SSSR count). The number of benzene rings is 1. The van der Waals surface area contributed by atoms with E-state index in [1.165, 1.54) is 7.11 Å². The third kappa shape index (κ3) is 4.97. The highest BCUT2D eigenvalue weighted by Gasteiger charge is 2.66. The van der Waals surface area contributed by atoms with Crippen molar-refractivity contribution in [3.63, 3.8) is 0 Å².